The Balaban J connectivity index is 4.44. The minimum atomic E-state index is -0.796. The van der Waals surface area contributed by atoms with Crippen molar-refractivity contribution in [2.24, 2.45) is 0 Å². The molecule has 0 radical (unpaired) electrons. The fourth-order valence-corrected chi connectivity index (χ4v) is 7.57. The van der Waals surface area contributed by atoms with Crippen molar-refractivity contribution >= 4 is 17.9 Å². The first-order valence-electron chi connectivity index (χ1n) is 27.6. The second kappa shape index (κ2) is 54.2. The quantitative estimate of drug-likeness (QED) is 0.0262. The second-order valence-corrected chi connectivity index (χ2v) is 18.1. The van der Waals surface area contributed by atoms with E-state index in [4.69, 9.17) is 14.2 Å². The molecule has 0 bridgehead atoms. The maximum Gasteiger partial charge on any atom is 0.306 e. The molecule has 0 aliphatic rings. The maximum atomic E-state index is 12.8. The number of rotatable bonds is 49. The zero-order chi connectivity index (χ0) is 47.9. The van der Waals surface area contributed by atoms with Crippen molar-refractivity contribution < 1.29 is 28.6 Å². The molecule has 0 aromatic carbocycles. The van der Waals surface area contributed by atoms with E-state index in [1.54, 1.807) is 0 Å². The second-order valence-electron chi connectivity index (χ2n) is 18.1. The molecule has 0 fully saturated rings. The van der Waals surface area contributed by atoms with Gasteiger partial charge in [-0.1, -0.05) is 234 Å². The van der Waals surface area contributed by atoms with Crippen LogP contribution in [-0.2, 0) is 28.6 Å². The minimum absolute atomic E-state index is 0.0936. The molecule has 0 N–H and O–H groups in total. The van der Waals surface area contributed by atoms with Gasteiger partial charge in [0, 0.05) is 19.3 Å². The molecule has 6 heteroatoms. The normalized spacial score (nSPS) is 12.7. The summed E-state index contributed by atoms with van der Waals surface area (Å²) in [6, 6.07) is 0. The highest BCUT2D eigenvalue weighted by atomic mass is 16.6. The predicted molar refractivity (Wildman–Crippen MR) is 284 cm³/mol. The van der Waals surface area contributed by atoms with Gasteiger partial charge in [-0.3, -0.25) is 14.4 Å². The van der Waals surface area contributed by atoms with Crippen molar-refractivity contribution in [2.75, 3.05) is 13.2 Å². The molecular weight excluding hydrogens is 817 g/mol. The maximum absolute atomic E-state index is 12.8. The molecule has 66 heavy (non-hydrogen) atoms. The van der Waals surface area contributed by atoms with Crippen LogP contribution in [0.5, 0.6) is 0 Å². The van der Waals surface area contributed by atoms with Gasteiger partial charge in [0.25, 0.3) is 0 Å². The highest BCUT2D eigenvalue weighted by Gasteiger charge is 2.19. The van der Waals surface area contributed by atoms with E-state index in [9.17, 15) is 14.4 Å². The molecular formula is C60H102O6. The van der Waals surface area contributed by atoms with Crippen LogP contribution in [0.15, 0.2) is 85.1 Å². The number of carbonyl (C=O) groups is 3. The van der Waals surface area contributed by atoms with Gasteiger partial charge in [0.05, 0.1) is 0 Å². The molecule has 6 nitrogen and oxygen atoms in total. The monoisotopic (exact) mass is 919 g/mol. The molecule has 0 aromatic rings. The van der Waals surface area contributed by atoms with Crippen LogP contribution >= 0.6 is 0 Å². The van der Waals surface area contributed by atoms with Crippen molar-refractivity contribution in [2.45, 2.75) is 264 Å². The molecule has 0 rings (SSSR count). The molecule has 0 spiro atoms. The molecule has 0 aromatic heterocycles. The van der Waals surface area contributed by atoms with Crippen LogP contribution < -0.4 is 0 Å². The first kappa shape index (κ1) is 62.6. The summed E-state index contributed by atoms with van der Waals surface area (Å²) in [5.41, 5.74) is 0. The Labute approximate surface area is 407 Å². The van der Waals surface area contributed by atoms with Gasteiger partial charge in [0.2, 0.25) is 0 Å². The third kappa shape index (κ3) is 51.6. The van der Waals surface area contributed by atoms with Crippen molar-refractivity contribution in [1.82, 2.24) is 0 Å². The summed E-state index contributed by atoms with van der Waals surface area (Å²) in [6.07, 6.45) is 70.0. The first-order valence-corrected chi connectivity index (χ1v) is 27.6. The van der Waals surface area contributed by atoms with Gasteiger partial charge in [-0.05, 0) is 89.9 Å². The Morgan fingerprint density at radius 3 is 0.955 bits per heavy atom. The van der Waals surface area contributed by atoms with E-state index in [-0.39, 0.29) is 31.1 Å². The zero-order valence-electron chi connectivity index (χ0n) is 43.2. The van der Waals surface area contributed by atoms with Crippen molar-refractivity contribution in [3.8, 4) is 0 Å². The van der Waals surface area contributed by atoms with Crippen LogP contribution in [0.3, 0.4) is 0 Å². The van der Waals surface area contributed by atoms with Crippen LogP contribution in [0.4, 0.5) is 0 Å². The standard InChI is InChI=1S/C60H102O6/c1-4-7-10-13-16-19-22-25-28-30-33-35-38-41-44-47-50-53-59(62)65-56-57(55-64-58(61)52-49-46-43-40-37-34-31-27-24-21-18-15-12-9-6-3)66-60(63)54-51-48-45-42-39-36-32-29-26-23-20-17-14-11-8-5-2/h7,9-10,12,16,18-19,21,25,27-28,31,37,40,57H,4-6,8,11,13-15,17,20,22-24,26,29-30,32-36,38-39,41-56H2,1-3H3/b10-7-,12-9-,19-16-,21-18-,28-25-,31-27-,40-37-. The number of allylic oxidation sites excluding steroid dienone is 14. The number of hydrogen-bond donors (Lipinski definition) is 0. The summed E-state index contributed by atoms with van der Waals surface area (Å²) in [6.45, 7) is 6.38. The summed E-state index contributed by atoms with van der Waals surface area (Å²) >= 11 is 0. The SMILES string of the molecule is CC/C=C\C/C=C\C/C=C\C/C=C\CCCCC(=O)OCC(COC(=O)CCCCCCCCC/C=C\C/C=C\C/C=C\CC)OC(=O)CCCCCCCCCCCCCCCCCC. The van der Waals surface area contributed by atoms with Crippen LogP contribution in [0.2, 0.25) is 0 Å². The smallest absolute Gasteiger partial charge is 0.306 e. The van der Waals surface area contributed by atoms with Gasteiger partial charge in [-0.2, -0.15) is 0 Å². The summed E-state index contributed by atoms with van der Waals surface area (Å²) in [5, 5.41) is 0. The van der Waals surface area contributed by atoms with Gasteiger partial charge in [-0.15, -0.1) is 0 Å². The first-order chi connectivity index (χ1) is 32.5. The Morgan fingerprint density at radius 1 is 0.318 bits per heavy atom. The Kier molecular flexibility index (Phi) is 51.4. The van der Waals surface area contributed by atoms with Crippen LogP contribution in [0.1, 0.15) is 258 Å². The summed E-state index contributed by atoms with van der Waals surface area (Å²) in [4.78, 5) is 38.1. The lowest BCUT2D eigenvalue weighted by Gasteiger charge is -2.18. The predicted octanol–water partition coefficient (Wildman–Crippen LogP) is 18.4. The third-order valence-corrected chi connectivity index (χ3v) is 11.6. The Hall–Kier alpha value is -3.41. The molecule has 378 valence electrons. The van der Waals surface area contributed by atoms with E-state index in [2.05, 4.69) is 106 Å². The highest BCUT2D eigenvalue weighted by Crippen LogP contribution is 2.16. The highest BCUT2D eigenvalue weighted by molar-refractivity contribution is 5.71. The van der Waals surface area contributed by atoms with E-state index in [1.165, 1.54) is 109 Å². The van der Waals surface area contributed by atoms with Crippen LogP contribution in [-0.4, -0.2) is 37.2 Å². The molecule has 0 saturated heterocycles. The van der Waals surface area contributed by atoms with E-state index in [1.807, 2.05) is 0 Å². The number of ether oxygens (including phenoxy) is 3. The average Bonchev–Trinajstić information content (AvgIpc) is 3.31. The lowest BCUT2D eigenvalue weighted by atomic mass is 10.0. The Bertz CT molecular complexity index is 1290. The van der Waals surface area contributed by atoms with E-state index < -0.39 is 6.10 Å². The van der Waals surface area contributed by atoms with Gasteiger partial charge in [-0.25, -0.2) is 0 Å². The van der Waals surface area contributed by atoms with Gasteiger partial charge < -0.3 is 14.2 Å². The molecule has 0 amide bonds. The molecule has 1 unspecified atom stereocenters. The molecule has 0 heterocycles. The molecule has 0 saturated carbocycles. The fraction of sp³-hybridized carbons (Fsp3) is 0.717. The summed E-state index contributed by atoms with van der Waals surface area (Å²) in [5.74, 6) is -0.939. The number of carbonyl (C=O) groups excluding carboxylic acids is 3. The van der Waals surface area contributed by atoms with Crippen molar-refractivity contribution in [3.63, 3.8) is 0 Å². The van der Waals surface area contributed by atoms with Gasteiger partial charge >= 0.3 is 17.9 Å². The Morgan fingerprint density at radius 2 is 0.591 bits per heavy atom. The average molecular weight is 919 g/mol. The largest absolute Gasteiger partial charge is 0.462 e. The van der Waals surface area contributed by atoms with Gasteiger partial charge in [0.15, 0.2) is 6.10 Å². The lowest BCUT2D eigenvalue weighted by molar-refractivity contribution is -0.167. The third-order valence-electron chi connectivity index (χ3n) is 11.6. The summed E-state index contributed by atoms with van der Waals surface area (Å²) < 4.78 is 16.8. The van der Waals surface area contributed by atoms with Gasteiger partial charge in [0.1, 0.15) is 13.2 Å². The zero-order valence-corrected chi connectivity index (χ0v) is 43.2. The van der Waals surface area contributed by atoms with E-state index >= 15 is 0 Å². The lowest BCUT2D eigenvalue weighted by Crippen LogP contribution is -2.30. The van der Waals surface area contributed by atoms with Crippen molar-refractivity contribution in [1.29, 1.82) is 0 Å². The topological polar surface area (TPSA) is 78.9 Å². The van der Waals surface area contributed by atoms with E-state index in [0.717, 1.165) is 109 Å². The van der Waals surface area contributed by atoms with Crippen LogP contribution in [0.25, 0.3) is 0 Å². The number of esters is 3. The van der Waals surface area contributed by atoms with Crippen LogP contribution in [0, 0.1) is 0 Å². The van der Waals surface area contributed by atoms with Crippen molar-refractivity contribution in [3.05, 3.63) is 85.1 Å². The molecule has 1 atom stereocenters. The summed E-state index contributed by atoms with van der Waals surface area (Å²) in [7, 11) is 0. The fourth-order valence-electron chi connectivity index (χ4n) is 7.57. The molecule has 0 aliphatic heterocycles. The number of hydrogen-bond acceptors (Lipinski definition) is 6. The van der Waals surface area contributed by atoms with E-state index in [0.29, 0.717) is 19.3 Å². The molecule has 0 aliphatic carbocycles. The number of unbranched alkanes of at least 4 members (excludes halogenated alkanes) is 24. The minimum Gasteiger partial charge on any atom is -0.462 e.